The second-order valence-corrected chi connectivity index (χ2v) is 9.81. The fourth-order valence-corrected chi connectivity index (χ4v) is 4.31. The quantitative estimate of drug-likeness (QED) is 0.302. The molecule has 3 aromatic rings. The van der Waals surface area contributed by atoms with E-state index in [1.165, 1.54) is 6.07 Å². The summed E-state index contributed by atoms with van der Waals surface area (Å²) in [5.74, 6) is -2.07. The van der Waals surface area contributed by atoms with Gasteiger partial charge in [0.2, 0.25) is 0 Å². The van der Waals surface area contributed by atoms with Crippen molar-refractivity contribution in [1.29, 1.82) is 0 Å². The molecule has 3 rings (SSSR count). The molecule has 1 atom stereocenters. The van der Waals surface area contributed by atoms with E-state index in [1.807, 2.05) is 13.8 Å². The lowest BCUT2D eigenvalue weighted by molar-refractivity contribution is -0.136. The Balaban J connectivity index is 1.89. The number of amides is 1. The molecule has 196 valence electrons. The Morgan fingerprint density at radius 2 is 1.62 bits per heavy atom. The molecular formula is C30H33F2NO4. The number of ether oxygens (including phenoxy) is 1. The molecule has 1 amide bonds. The summed E-state index contributed by atoms with van der Waals surface area (Å²) in [6.45, 7) is 8.05. The highest BCUT2D eigenvalue weighted by molar-refractivity contribution is 5.96. The SMILES string of the molecule is Cc1cc(C)cc(C(CC(C)C)NC(=O)c2cc(OCc3ccc(F)cc3F)ccc2CCC(=O)O)c1. The molecule has 0 aliphatic heterocycles. The summed E-state index contributed by atoms with van der Waals surface area (Å²) in [7, 11) is 0. The van der Waals surface area contributed by atoms with Crippen molar-refractivity contribution in [2.45, 2.75) is 59.6 Å². The summed E-state index contributed by atoms with van der Waals surface area (Å²) in [5.41, 5.74) is 4.26. The van der Waals surface area contributed by atoms with Crippen molar-refractivity contribution in [3.05, 3.63) is 99.6 Å². The number of carbonyl (C=O) groups excluding carboxylic acids is 1. The number of aryl methyl sites for hydroxylation is 3. The number of carboxylic acid groups (broad SMARTS) is 1. The Morgan fingerprint density at radius 1 is 0.946 bits per heavy atom. The Kier molecular flexibility index (Phi) is 9.39. The number of carboxylic acids is 1. The van der Waals surface area contributed by atoms with Crippen LogP contribution in [-0.2, 0) is 17.8 Å². The Hall–Kier alpha value is -3.74. The third kappa shape index (κ3) is 8.13. The maximum atomic E-state index is 14.0. The van der Waals surface area contributed by atoms with E-state index in [0.29, 0.717) is 22.8 Å². The van der Waals surface area contributed by atoms with E-state index in [2.05, 4.69) is 37.4 Å². The van der Waals surface area contributed by atoms with E-state index in [1.54, 1.807) is 18.2 Å². The summed E-state index contributed by atoms with van der Waals surface area (Å²) >= 11 is 0. The predicted molar refractivity (Wildman–Crippen MR) is 139 cm³/mol. The fourth-order valence-electron chi connectivity index (χ4n) is 4.31. The van der Waals surface area contributed by atoms with Crippen LogP contribution in [0.5, 0.6) is 5.75 Å². The average Bonchev–Trinajstić information content (AvgIpc) is 2.81. The molecule has 0 saturated carbocycles. The molecule has 0 bridgehead atoms. The first-order valence-electron chi connectivity index (χ1n) is 12.3. The highest BCUT2D eigenvalue weighted by Crippen LogP contribution is 2.26. The molecule has 0 aliphatic carbocycles. The molecule has 7 heteroatoms. The number of benzene rings is 3. The van der Waals surface area contributed by atoms with Gasteiger partial charge in [0, 0.05) is 23.6 Å². The van der Waals surface area contributed by atoms with Crippen LogP contribution >= 0.6 is 0 Å². The van der Waals surface area contributed by atoms with Crippen molar-refractivity contribution in [3.63, 3.8) is 0 Å². The smallest absolute Gasteiger partial charge is 0.303 e. The molecule has 2 N–H and O–H groups in total. The largest absolute Gasteiger partial charge is 0.489 e. The highest BCUT2D eigenvalue weighted by Gasteiger charge is 2.21. The Labute approximate surface area is 216 Å². The van der Waals surface area contributed by atoms with Gasteiger partial charge in [0.05, 0.1) is 6.04 Å². The van der Waals surface area contributed by atoms with Crippen LogP contribution in [0.25, 0.3) is 0 Å². The van der Waals surface area contributed by atoms with E-state index in [0.717, 1.165) is 35.2 Å². The van der Waals surface area contributed by atoms with Crippen LogP contribution in [0.3, 0.4) is 0 Å². The topological polar surface area (TPSA) is 75.6 Å². The molecule has 0 saturated heterocycles. The average molecular weight is 510 g/mol. The fraction of sp³-hybridized carbons (Fsp3) is 0.333. The molecule has 1 unspecified atom stereocenters. The lowest BCUT2D eigenvalue weighted by Crippen LogP contribution is -2.30. The second-order valence-electron chi connectivity index (χ2n) is 9.81. The molecule has 0 aromatic heterocycles. The van der Waals surface area contributed by atoms with Crippen molar-refractivity contribution in [2.24, 2.45) is 5.92 Å². The molecular weight excluding hydrogens is 476 g/mol. The number of hydrogen-bond donors (Lipinski definition) is 2. The van der Waals surface area contributed by atoms with Crippen molar-refractivity contribution in [3.8, 4) is 5.75 Å². The van der Waals surface area contributed by atoms with E-state index in [9.17, 15) is 23.5 Å². The summed E-state index contributed by atoms with van der Waals surface area (Å²) in [6.07, 6.45) is 0.760. The minimum Gasteiger partial charge on any atom is -0.489 e. The van der Waals surface area contributed by atoms with Gasteiger partial charge in [0.15, 0.2) is 0 Å². The van der Waals surface area contributed by atoms with Crippen LogP contribution in [0, 0.1) is 31.4 Å². The molecule has 0 fully saturated rings. The standard InChI is InChI=1S/C30H33F2NO4/c1-18(2)11-28(23-13-19(3)12-20(4)14-23)33-30(36)26-16-25(9-6-21(26)7-10-29(34)35)37-17-22-5-8-24(31)15-27(22)32/h5-6,8-9,12-16,18,28H,7,10-11,17H2,1-4H3,(H,33,36)(H,34,35). The first-order chi connectivity index (χ1) is 17.5. The van der Waals surface area contributed by atoms with Crippen LogP contribution in [-0.4, -0.2) is 17.0 Å². The maximum Gasteiger partial charge on any atom is 0.303 e. The van der Waals surface area contributed by atoms with E-state index < -0.39 is 17.6 Å². The minimum absolute atomic E-state index is 0.131. The van der Waals surface area contributed by atoms with Gasteiger partial charge in [-0.3, -0.25) is 9.59 Å². The summed E-state index contributed by atoms with van der Waals surface area (Å²) in [5, 5.41) is 12.3. The number of carbonyl (C=O) groups is 2. The van der Waals surface area contributed by atoms with Gasteiger partial charge in [0.1, 0.15) is 24.0 Å². The van der Waals surface area contributed by atoms with Gasteiger partial charge in [-0.2, -0.15) is 0 Å². The zero-order valence-electron chi connectivity index (χ0n) is 21.6. The molecule has 0 heterocycles. The van der Waals surface area contributed by atoms with Crippen LogP contribution < -0.4 is 10.1 Å². The van der Waals surface area contributed by atoms with Crippen LogP contribution in [0.4, 0.5) is 8.78 Å². The van der Waals surface area contributed by atoms with E-state index in [4.69, 9.17) is 4.74 Å². The van der Waals surface area contributed by atoms with Crippen molar-refractivity contribution >= 4 is 11.9 Å². The summed E-state index contributed by atoms with van der Waals surface area (Å²) in [4.78, 5) is 24.7. The highest BCUT2D eigenvalue weighted by atomic mass is 19.1. The predicted octanol–water partition coefficient (Wildman–Crippen LogP) is 6.70. The van der Waals surface area contributed by atoms with Crippen LogP contribution in [0.1, 0.15) is 70.9 Å². The van der Waals surface area contributed by atoms with Gasteiger partial charge in [0.25, 0.3) is 5.91 Å². The lowest BCUT2D eigenvalue weighted by Gasteiger charge is -2.23. The van der Waals surface area contributed by atoms with Gasteiger partial charge >= 0.3 is 5.97 Å². The zero-order valence-corrected chi connectivity index (χ0v) is 21.6. The van der Waals surface area contributed by atoms with Crippen molar-refractivity contribution < 1.29 is 28.2 Å². The van der Waals surface area contributed by atoms with Crippen LogP contribution in [0.2, 0.25) is 0 Å². The van der Waals surface area contributed by atoms with Gasteiger partial charge < -0.3 is 15.2 Å². The van der Waals surface area contributed by atoms with Gasteiger partial charge in [-0.15, -0.1) is 0 Å². The Morgan fingerprint density at radius 3 is 2.24 bits per heavy atom. The van der Waals surface area contributed by atoms with Crippen LogP contribution in [0.15, 0.2) is 54.6 Å². The van der Waals surface area contributed by atoms with Gasteiger partial charge in [-0.1, -0.05) is 49.2 Å². The number of hydrogen-bond acceptors (Lipinski definition) is 3. The number of aliphatic carboxylic acids is 1. The lowest BCUT2D eigenvalue weighted by atomic mass is 9.93. The van der Waals surface area contributed by atoms with E-state index in [-0.39, 0.29) is 37.0 Å². The van der Waals surface area contributed by atoms with E-state index >= 15 is 0 Å². The summed E-state index contributed by atoms with van der Waals surface area (Å²) < 4.78 is 32.9. The first kappa shape index (κ1) is 27.8. The molecule has 0 aliphatic rings. The maximum absolute atomic E-state index is 14.0. The molecule has 5 nitrogen and oxygen atoms in total. The molecule has 37 heavy (non-hydrogen) atoms. The van der Waals surface area contributed by atoms with Crippen molar-refractivity contribution in [1.82, 2.24) is 5.32 Å². The first-order valence-corrected chi connectivity index (χ1v) is 12.3. The third-order valence-electron chi connectivity index (χ3n) is 6.00. The van der Waals surface area contributed by atoms with Gasteiger partial charge in [-0.25, -0.2) is 8.78 Å². The number of halogens is 2. The number of rotatable bonds is 11. The number of nitrogens with one attached hydrogen (secondary N) is 1. The monoisotopic (exact) mass is 509 g/mol. The Bertz CT molecular complexity index is 1250. The minimum atomic E-state index is -0.966. The third-order valence-corrected chi connectivity index (χ3v) is 6.00. The molecule has 3 aromatic carbocycles. The van der Waals surface area contributed by atoms with Crippen molar-refractivity contribution in [2.75, 3.05) is 0 Å². The summed E-state index contributed by atoms with van der Waals surface area (Å²) in [6, 6.07) is 14.0. The molecule has 0 spiro atoms. The van der Waals surface area contributed by atoms with Gasteiger partial charge in [-0.05, 0) is 68.0 Å². The normalized spacial score (nSPS) is 11.9. The zero-order chi connectivity index (χ0) is 27.1. The second kappa shape index (κ2) is 12.5. The molecule has 0 radical (unpaired) electrons.